The fourth-order valence-corrected chi connectivity index (χ4v) is 2.89. The molecule has 152 valence electrons. The van der Waals surface area contributed by atoms with Gasteiger partial charge < -0.3 is 14.8 Å². The summed E-state index contributed by atoms with van der Waals surface area (Å²) < 4.78 is 11.1. The average molecular weight is 468 g/mol. The third kappa shape index (κ3) is 5.55. The van der Waals surface area contributed by atoms with Crippen LogP contribution in [0.3, 0.4) is 0 Å². The van der Waals surface area contributed by atoms with E-state index in [1.807, 2.05) is 0 Å². The Labute approximate surface area is 181 Å². The highest BCUT2D eigenvalue weighted by Gasteiger charge is 2.14. The minimum Gasteiger partial charge on any atom is -0.497 e. The molecule has 0 heterocycles. The lowest BCUT2D eigenvalue weighted by Gasteiger charge is -2.08. The van der Waals surface area contributed by atoms with E-state index in [1.54, 1.807) is 66.7 Å². The zero-order valence-corrected chi connectivity index (χ0v) is 17.6. The van der Waals surface area contributed by atoms with Gasteiger partial charge in [0.25, 0.3) is 5.91 Å². The number of carbonyl (C=O) groups excluding carboxylic acids is 3. The summed E-state index contributed by atoms with van der Waals surface area (Å²) in [6, 6.07) is 19.8. The maximum absolute atomic E-state index is 12.3. The summed E-state index contributed by atoms with van der Waals surface area (Å²) in [6.45, 7) is -0.401. The maximum atomic E-state index is 12.3. The number of Topliss-reactive ketones (excluding diaryl/α,β-unsaturated/α-hetero) is 1. The van der Waals surface area contributed by atoms with Gasteiger partial charge in [0.2, 0.25) is 0 Å². The zero-order chi connectivity index (χ0) is 21.5. The summed E-state index contributed by atoms with van der Waals surface area (Å²) in [5.41, 5.74) is 1.53. The number of hydrogen-bond acceptors (Lipinski definition) is 5. The van der Waals surface area contributed by atoms with Crippen molar-refractivity contribution < 1.29 is 23.9 Å². The topological polar surface area (TPSA) is 81.7 Å². The Hall–Kier alpha value is -3.45. The number of ketones is 1. The third-order valence-electron chi connectivity index (χ3n) is 4.19. The molecule has 0 atom stereocenters. The summed E-state index contributed by atoms with van der Waals surface area (Å²) in [5, 5.41) is 2.73. The molecule has 6 nitrogen and oxygen atoms in total. The third-order valence-corrected chi connectivity index (χ3v) is 4.72. The standard InChI is InChI=1S/C23H18BrNO5/c1-29-20-7-3-4-16(13-20)21(26)14-30-23(28)17-5-2-6-19(12-17)25-22(27)15-8-10-18(24)11-9-15/h2-13H,14H2,1H3,(H,25,27). The van der Waals surface area contributed by atoms with E-state index in [0.29, 0.717) is 22.6 Å². The highest BCUT2D eigenvalue weighted by Crippen LogP contribution is 2.16. The molecule has 0 spiro atoms. The van der Waals surface area contributed by atoms with Crippen molar-refractivity contribution in [2.24, 2.45) is 0 Å². The van der Waals surface area contributed by atoms with Crippen molar-refractivity contribution >= 4 is 39.3 Å². The van der Waals surface area contributed by atoms with Gasteiger partial charge in [0.1, 0.15) is 5.75 Å². The Balaban J connectivity index is 1.62. The first-order valence-corrected chi connectivity index (χ1v) is 9.77. The summed E-state index contributed by atoms with van der Waals surface area (Å²) in [6.07, 6.45) is 0. The fourth-order valence-electron chi connectivity index (χ4n) is 2.62. The van der Waals surface area contributed by atoms with Gasteiger partial charge in [0.15, 0.2) is 12.4 Å². The molecule has 1 amide bonds. The number of esters is 1. The van der Waals surface area contributed by atoms with E-state index in [2.05, 4.69) is 21.2 Å². The zero-order valence-electron chi connectivity index (χ0n) is 16.1. The molecular formula is C23H18BrNO5. The molecule has 3 rings (SSSR count). The highest BCUT2D eigenvalue weighted by molar-refractivity contribution is 9.10. The minimum absolute atomic E-state index is 0.224. The number of ether oxygens (including phenoxy) is 2. The monoisotopic (exact) mass is 467 g/mol. The number of benzene rings is 3. The van der Waals surface area contributed by atoms with E-state index < -0.39 is 12.6 Å². The van der Waals surface area contributed by atoms with Crippen LogP contribution in [0.1, 0.15) is 31.1 Å². The number of methoxy groups -OCH3 is 1. The van der Waals surface area contributed by atoms with Crippen LogP contribution in [0.5, 0.6) is 5.75 Å². The number of halogens is 1. The van der Waals surface area contributed by atoms with Crippen LogP contribution in [0.2, 0.25) is 0 Å². The van der Waals surface area contributed by atoms with Crippen molar-refractivity contribution in [2.75, 3.05) is 19.0 Å². The number of amides is 1. The molecule has 0 bridgehead atoms. The number of nitrogens with one attached hydrogen (secondary N) is 1. The van der Waals surface area contributed by atoms with Crippen molar-refractivity contribution in [3.63, 3.8) is 0 Å². The minimum atomic E-state index is -0.661. The lowest BCUT2D eigenvalue weighted by Crippen LogP contribution is -2.15. The molecule has 7 heteroatoms. The highest BCUT2D eigenvalue weighted by atomic mass is 79.9. The smallest absolute Gasteiger partial charge is 0.338 e. The second kappa shape index (κ2) is 9.84. The second-order valence-corrected chi connectivity index (χ2v) is 7.19. The van der Waals surface area contributed by atoms with Gasteiger partial charge in [-0.2, -0.15) is 0 Å². The summed E-state index contributed by atoms with van der Waals surface area (Å²) in [5.74, 6) is -0.768. The van der Waals surface area contributed by atoms with Crippen LogP contribution in [-0.4, -0.2) is 31.4 Å². The van der Waals surface area contributed by atoms with Crippen LogP contribution in [-0.2, 0) is 4.74 Å². The largest absolute Gasteiger partial charge is 0.497 e. The Morgan fingerprint density at radius 2 is 1.57 bits per heavy atom. The molecule has 3 aromatic carbocycles. The molecular weight excluding hydrogens is 450 g/mol. The van der Waals surface area contributed by atoms with Gasteiger partial charge in [-0.15, -0.1) is 0 Å². The number of carbonyl (C=O) groups is 3. The van der Waals surface area contributed by atoms with Crippen LogP contribution >= 0.6 is 15.9 Å². The van der Waals surface area contributed by atoms with Gasteiger partial charge in [0, 0.05) is 21.3 Å². The molecule has 30 heavy (non-hydrogen) atoms. The van der Waals surface area contributed by atoms with Gasteiger partial charge in [-0.3, -0.25) is 9.59 Å². The predicted molar refractivity (Wildman–Crippen MR) is 116 cm³/mol. The first-order valence-electron chi connectivity index (χ1n) is 8.97. The fraction of sp³-hybridized carbons (Fsp3) is 0.0870. The maximum Gasteiger partial charge on any atom is 0.338 e. The van der Waals surface area contributed by atoms with E-state index >= 15 is 0 Å². The van der Waals surface area contributed by atoms with Crippen LogP contribution < -0.4 is 10.1 Å². The van der Waals surface area contributed by atoms with Gasteiger partial charge in [-0.1, -0.05) is 34.1 Å². The quantitative estimate of drug-likeness (QED) is 0.400. The average Bonchev–Trinajstić information content (AvgIpc) is 2.77. The van der Waals surface area contributed by atoms with Gasteiger partial charge in [-0.25, -0.2) is 4.79 Å². The molecule has 0 aliphatic carbocycles. The van der Waals surface area contributed by atoms with Gasteiger partial charge in [0.05, 0.1) is 12.7 Å². The molecule has 3 aromatic rings. The Kier molecular flexibility index (Phi) is 6.98. The first-order chi connectivity index (χ1) is 14.5. The number of rotatable bonds is 7. The van der Waals surface area contributed by atoms with Crippen LogP contribution in [0.25, 0.3) is 0 Å². The Bertz CT molecular complexity index is 1080. The van der Waals surface area contributed by atoms with Crippen LogP contribution in [0.15, 0.2) is 77.3 Å². The van der Waals surface area contributed by atoms with Crippen LogP contribution in [0, 0.1) is 0 Å². The molecule has 0 fully saturated rings. The van der Waals surface area contributed by atoms with Gasteiger partial charge >= 0.3 is 5.97 Å². The van der Waals surface area contributed by atoms with E-state index in [-0.39, 0.29) is 17.3 Å². The SMILES string of the molecule is COc1cccc(C(=O)COC(=O)c2cccc(NC(=O)c3ccc(Br)cc3)c2)c1. The molecule has 0 saturated carbocycles. The Morgan fingerprint density at radius 3 is 2.30 bits per heavy atom. The van der Waals surface area contributed by atoms with Crippen molar-refractivity contribution in [2.45, 2.75) is 0 Å². The van der Waals surface area contributed by atoms with Gasteiger partial charge in [-0.05, 0) is 54.6 Å². The molecule has 0 aliphatic rings. The summed E-state index contributed by atoms with van der Waals surface area (Å²) >= 11 is 3.32. The first kappa shape index (κ1) is 21.3. The molecule has 1 N–H and O–H groups in total. The van der Waals surface area contributed by atoms with Crippen LogP contribution in [0.4, 0.5) is 5.69 Å². The normalized spacial score (nSPS) is 10.2. The molecule has 0 aliphatic heterocycles. The van der Waals surface area contributed by atoms with Crippen molar-refractivity contribution in [3.05, 3.63) is 94.0 Å². The second-order valence-electron chi connectivity index (χ2n) is 6.27. The molecule has 0 radical (unpaired) electrons. The summed E-state index contributed by atoms with van der Waals surface area (Å²) in [7, 11) is 1.51. The van der Waals surface area contributed by atoms with E-state index in [1.165, 1.54) is 13.2 Å². The van der Waals surface area contributed by atoms with Crippen molar-refractivity contribution in [1.82, 2.24) is 0 Å². The van der Waals surface area contributed by atoms with Crippen molar-refractivity contribution in [3.8, 4) is 5.75 Å². The predicted octanol–water partition coefficient (Wildman–Crippen LogP) is 4.75. The van der Waals surface area contributed by atoms with E-state index in [9.17, 15) is 14.4 Å². The van der Waals surface area contributed by atoms with E-state index in [0.717, 1.165) is 4.47 Å². The number of hydrogen-bond donors (Lipinski definition) is 1. The Morgan fingerprint density at radius 1 is 0.867 bits per heavy atom. The van der Waals surface area contributed by atoms with E-state index in [4.69, 9.17) is 9.47 Å². The number of anilines is 1. The summed E-state index contributed by atoms with van der Waals surface area (Å²) in [4.78, 5) is 36.9. The lowest BCUT2D eigenvalue weighted by atomic mass is 10.1. The molecule has 0 saturated heterocycles. The van der Waals surface area contributed by atoms with Crippen molar-refractivity contribution in [1.29, 1.82) is 0 Å². The lowest BCUT2D eigenvalue weighted by molar-refractivity contribution is 0.0474. The molecule has 0 aromatic heterocycles. The molecule has 0 unspecified atom stereocenters.